The van der Waals surface area contributed by atoms with Crippen LogP contribution < -0.4 is 4.90 Å². The van der Waals surface area contributed by atoms with E-state index in [1.165, 1.54) is 0 Å². The average Bonchev–Trinajstić information content (AvgIpc) is 2.62. The molecule has 1 aromatic carbocycles. The monoisotopic (exact) mass is 327 g/mol. The number of benzene rings is 1. The Kier molecular flexibility index (Phi) is 5.05. The lowest BCUT2D eigenvalue weighted by Crippen LogP contribution is -2.38. The fraction of sp³-hybridized carbons (Fsp3) is 0.389. The Morgan fingerprint density at radius 3 is 2.58 bits per heavy atom. The molecule has 0 saturated carbocycles. The smallest absolute Gasteiger partial charge is 0.344 e. The zero-order valence-corrected chi connectivity index (χ0v) is 14.0. The van der Waals surface area contributed by atoms with E-state index in [0.717, 1.165) is 5.56 Å². The maximum Gasteiger partial charge on any atom is 0.344 e. The highest BCUT2D eigenvalue weighted by Crippen LogP contribution is 2.30. The van der Waals surface area contributed by atoms with E-state index in [-0.39, 0.29) is 0 Å². The van der Waals surface area contributed by atoms with E-state index in [2.05, 4.69) is 14.9 Å². The van der Waals surface area contributed by atoms with Gasteiger partial charge in [-0.3, -0.25) is 0 Å². The lowest BCUT2D eigenvalue weighted by Gasteiger charge is -2.29. The number of morpholine rings is 1. The normalized spacial score (nSPS) is 14.5. The molecule has 1 fully saturated rings. The summed E-state index contributed by atoms with van der Waals surface area (Å²) in [6.45, 7) is 6.56. The molecule has 6 nitrogen and oxygen atoms in total. The van der Waals surface area contributed by atoms with Gasteiger partial charge in [-0.1, -0.05) is 30.3 Å². The van der Waals surface area contributed by atoms with Crippen molar-refractivity contribution in [3.63, 3.8) is 0 Å². The quantitative estimate of drug-likeness (QED) is 0.804. The number of carbonyl (C=O) groups excluding carboxylic acids is 1. The first-order valence-corrected chi connectivity index (χ1v) is 8.14. The van der Waals surface area contributed by atoms with Crippen molar-refractivity contribution in [3.05, 3.63) is 41.7 Å². The zero-order valence-electron chi connectivity index (χ0n) is 14.0. The fourth-order valence-corrected chi connectivity index (χ4v) is 2.76. The Morgan fingerprint density at radius 2 is 1.92 bits per heavy atom. The molecule has 0 unspecified atom stereocenters. The van der Waals surface area contributed by atoms with Gasteiger partial charge in [0.15, 0.2) is 0 Å². The van der Waals surface area contributed by atoms with Crippen LogP contribution in [0.1, 0.15) is 23.1 Å². The van der Waals surface area contributed by atoms with Gasteiger partial charge in [-0.2, -0.15) is 0 Å². The van der Waals surface area contributed by atoms with Crippen molar-refractivity contribution >= 4 is 11.8 Å². The third kappa shape index (κ3) is 3.38. The highest BCUT2D eigenvalue weighted by atomic mass is 16.5. The number of anilines is 1. The minimum absolute atomic E-state index is 0.309. The Balaban J connectivity index is 2.16. The molecule has 24 heavy (non-hydrogen) atoms. The van der Waals surface area contributed by atoms with Crippen molar-refractivity contribution in [1.82, 2.24) is 9.97 Å². The lowest BCUT2D eigenvalue weighted by molar-refractivity contribution is 0.0526. The predicted octanol–water partition coefficient (Wildman–Crippen LogP) is 2.47. The summed E-state index contributed by atoms with van der Waals surface area (Å²) in [4.78, 5) is 23.8. The van der Waals surface area contributed by atoms with Crippen LogP contribution in [0.25, 0.3) is 11.3 Å². The molecule has 0 aliphatic carbocycles. The van der Waals surface area contributed by atoms with Crippen molar-refractivity contribution < 1.29 is 14.3 Å². The van der Waals surface area contributed by atoms with Crippen LogP contribution in [0.2, 0.25) is 0 Å². The number of aryl methyl sites for hydroxylation is 1. The standard InChI is InChI=1S/C18H21N3O3/c1-3-24-18(22)15-16(14-7-5-4-6-8-14)19-13(2)20-17(15)21-9-11-23-12-10-21/h4-8H,3,9-12H2,1-2H3. The highest BCUT2D eigenvalue weighted by molar-refractivity contribution is 6.01. The molecule has 1 aromatic heterocycles. The van der Waals surface area contributed by atoms with E-state index in [1.807, 2.05) is 37.3 Å². The molecule has 2 aromatic rings. The predicted molar refractivity (Wildman–Crippen MR) is 91.2 cm³/mol. The van der Waals surface area contributed by atoms with Crippen LogP contribution in [0, 0.1) is 6.92 Å². The third-order valence-electron chi connectivity index (χ3n) is 3.84. The average molecular weight is 327 g/mol. The summed E-state index contributed by atoms with van der Waals surface area (Å²) in [6.07, 6.45) is 0. The van der Waals surface area contributed by atoms with Gasteiger partial charge in [-0.05, 0) is 13.8 Å². The summed E-state index contributed by atoms with van der Waals surface area (Å²) >= 11 is 0. The Labute approximate surface area is 141 Å². The second kappa shape index (κ2) is 7.40. The number of hydrogen-bond acceptors (Lipinski definition) is 6. The van der Waals surface area contributed by atoms with E-state index >= 15 is 0 Å². The van der Waals surface area contributed by atoms with Crippen molar-refractivity contribution in [2.75, 3.05) is 37.8 Å². The number of nitrogens with zero attached hydrogens (tertiary/aromatic N) is 3. The number of hydrogen-bond donors (Lipinski definition) is 0. The summed E-state index contributed by atoms with van der Waals surface area (Å²) in [5.74, 6) is 0.865. The first-order chi connectivity index (χ1) is 11.7. The minimum atomic E-state index is -0.391. The molecule has 0 atom stereocenters. The van der Waals surface area contributed by atoms with E-state index in [9.17, 15) is 4.79 Å². The lowest BCUT2D eigenvalue weighted by atomic mass is 10.1. The maximum atomic E-state index is 12.7. The van der Waals surface area contributed by atoms with Crippen molar-refractivity contribution in [1.29, 1.82) is 0 Å². The largest absolute Gasteiger partial charge is 0.462 e. The molecule has 0 bridgehead atoms. The number of aromatic nitrogens is 2. The number of carbonyl (C=O) groups is 1. The van der Waals surface area contributed by atoms with Gasteiger partial charge < -0.3 is 14.4 Å². The second-order valence-electron chi connectivity index (χ2n) is 5.50. The van der Waals surface area contributed by atoms with Crippen LogP contribution in [0.15, 0.2) is 30.3 Å². The van der Waals surface area contributed by atoms with Gasteiger partial charge in [-0.25, -0.2) is 14.8 Å². The second-order valence-corrected chi connectivity index (χ2v) is 5.50. The molecule has 0 N–H and O–H groups in total. The third-order valence-corrected chi connectivity index (χ3v) is 3.84. The highest BCUT2D eigenvalue weighted by Gasteiger charge is 2.26. The Hall–Kier alpha value is -2.47. The Morgan fingerprint density at radius 1 is 1.21 bits per heavy atom. The summed E-state index contributed by atoms with van der Waals surface area (Å²) in [7, 11) is 0. The number of ether oxygens (including phenoxy) is 2. The van der Waals surface area contributed by atoms with Gasteiger partial charge in [0.2, 0.25) is 0 Å². The van der Waals surface area contributed by atoms with Crippen LogP contribution in [0.4, 0.5) is 5.82 Å². The summed E-state index contributed by atoms with van der Waals surface area (Å²) < 4.78 is 10.7. The van der Waals surface area contributed by atoms with Gasteiger partial charge in [0.1, 0.15) is 17.2 Å². The molecule has 2 heterocycles. The molecule has 1 aliphatic heterocycles. The molecule has 1 saturated heterocycles. The maximum absolute atomic E-state index is 12.7. The van der Waals surface area contributed by atoms with Crippen LogP contribution in [0.5, 0.6) is 0 Å². The van der Waals surface area contributed by atoms with E-state index in [1.54, 1.807) is 6.92 Å². The first-order valence-electron chi connectivity index (χ1n) is 8.14. The fourth-order valence-electron chi connectivity index (χ4n) is 2.76. The zero-order chi connectivity index (χ0) is 16.9. The summed E-state index contributed by atoms with van der Waals surface area (Å²) in [5, 5.41) is 0. The van der Waals surface area contributed by atoms with Crippen LogP contribution in [0.3, 0.4) is 0 Å². The molecule has 1 aliphatic rings. The van der Waals surface area contributed by atoms with Crippen LogP contribution in [-0.2, 0) is 9.47 Å². The molecular formula is C18H21N3O3. The molecular weight excluding hydrogens is 306 g/mol. The van der Waals surface area contributed by atoms with Gasteiger partial charge in [0, 0.05) is 18.7 Å². The molecule has 0 amide bonds. The van der Waals surface area contributed by atoms with Crippen molar-refractivity contribution in [2.24, 2.45) is 0 Å². The SMILES string of the molecule is CCOC(=O)c1c(-c2ccccc2)nc(C)nc1N1CCOCC1. The minimum Gasteiger partial charge on any atom is -0.462 e. The van der Waals surface area contributed by atoms with Crippen molar-refractivity contribution in [2.45, 2.75) is 13.8 Å². The summed E-state index contributed by atoms with van der Waals surface area (Å²) in [5.41, 5.74) is 1.92. The number of esters is 1. The molecule has 3 rings (SSSR count). The van der Waals surface area contributed by atoms with Gasteiger partial charge in [0.05, 0.1) is 25.5 Å². The van der Waals surface area contributed by atoms with E-state index in [4.69, 9.17) is 9.47 Å². The first kappa shape index (κ1) is 16.4. The van der Waals surface area contributed by atoms with Gasteiger partial charge >= 0.3 is 5.97 Å². The molecule has 0 radical (unpaired) electrons. The Bertz CT molecular complexity index is 713. The van der Waals surface area contributed by atoms with Gasteiger partial charge in [0.25, 0.3) is 0 Å². The van der Waals surface area contributed by atoms with Gasteiger partial charge in [-0.15, -0.1) is 0 Å². The van der Waals surface area contributed by atoms with Crippen molar-refractivity contribution in [3.8, 4) is 11.3 Å². The molecule has 0 spiro atoms. The van der Waals surface area contributed by atoms with E-state index < -0.39 is 5.97 Å². The molecule has 126 valence electrons. The number of rotatable bonds is 4. The van der Waals surface area contributed by atoms with Crippen LogP contribution >= 0.6 is 0 Å². The molecule has 6 heteroatoms. The topological polar surface area (TPSA) is 64.5 Å². The summed E-state index contributed by atoms with van der Waals surface area (Å²) in [6, 6.07) is 9.66. The van der Waals surface area contributed by atoms with E-state index in [0.29, 0.717) is 55.8 Å². The van der Waals surface area contributed by atoms with Crippen LogP contribution in [-0.4, -0.2) is 48.8 Å².